The highest BCUT2D eigenvalue weighted by atomic mass is 35.5. The number of pyridine rings is 1. The van der Waals surface area contributed by atoms with Crippen LogP contribution >= 0.6 is 11.6 Å². The molecule has 2 fully saturated rings. The lowest BCUT2D eigenvalue weighted by Gasteiger charge is -2.38. The van der Waals surface area contributed by atoms with E-state index in [4.69, 9.17) is 11.6 Å². The summed E-state index contributed by atoms with van der Waals surface area (Å²) in [5.41, 5.74) is 0.795. The molecule has 2 heterocycles. The molecule has 2 aliphatic rings. The Morgan fingerprint density at radius 2 is 1.79 bits per heavy atom. The van der Waals surface area contributed by atoms with Gasteiger partial charge in [0.15, 0.2) is 14.6 Å². The van der Waals surface area contributed by atoms with Gasteiger partial charge in [0.05, 0.1) is 10.8 Å². The summed E-state index contributed by atoms with van der Waals surface area (Å²) in [4.78, 5) is 32.6. The van der Waals surface area contributed by atoms with E-state index in [1.807, 2.05) is 19.1 Å². The largest absolute Gasteiger partial charge is 0.341 e. The molecule has 9 heteroatoms. The van der Waals surface area contributed by atoms with E-state index in [1.165, 1.54) is 24.3 Å². The van der Waals surface area contributed by atoms with Gasteiger partial charge in [-0.3, -0.25) is 9.59 Å². The summed E-state index contributed by atoms with van der Waals surface area (Å²) < 4.78 is 25.8. The summed E-state index contributed by atoms with van der Waals surface area (Å²) in [7, 11) is -3.92. The number of nitrogens with one attached hydrogen (secondary N) is 1. The number of rotatable bonds is 5. The van der Waals surface area contributed by atoms with Crippen LogP contribution in [0.4, 0.5) is 5.82 Å². The van der Waals surface area contributed by atoms with Gasteiger partial charge in [-0.1, -0.05) is 30.5 Å². The van der Waals surface area contributed by atoms with Gasteiger partial charge in [-0.05, 0) is 69.0 Å². The maximum atomic E-state index is 13.8. The summed E-state index contributed by atoms with van der Waals surface area (Å²) in [6, 6.07) is 11.4. The Labute approximate surface area is 199 Å². The Morgan fingerprint density at radius 3 is 2.45 bits per heavy atom. The highest BCUT2D eigenvalue weighted by molar-refractivity contribution is 7.93. The number of hydrogen-bond donors (Lipinski definition) is 1. The second-order valence-electron chi connectivity index (χ2n) is 8.90. The number of anilines is 1. The van der Waals surface area contributed by atoms with Gasteiger partial charge < -0.3 is 10.2 Å². The van der Waals surface area contributed by atoms with E-state index >= 15 is 0 Å². The first kappa shape index (κ1) is 23.7. The first-order valence-corrected chi connectivity index (χ1v) is 13.1. The van der Waals surface area contributed by atoms with Crippen LogP contribution in [0.25, 0.3) is 0 Å². The molecule has 1 aliphatic carbocycles. The van der Waals surface area contributed by atoms with Gasteiger partial charge in [0.1, 0.15) is 5.82 Å². The van der Waals surface area contributed by atoms with Crippen molar-refractivity contribution >= 4 is 39.1 Å². The van der Waals surface area contributed by atoms with Crippen LogP contribution in [0.5, 0.6) is 0 Å². The quantitative estimate of drug-likeness (QED) is 0.684. The Morgan fingerprint density at radius 1 is 1.09 bits per heavy atom. The van der Waals surface area contributed by atoms with Gasteiger partial charge in [0, 0.05) is 23.8 Å². The van der Waals surface area contributed by atoms with E-state index in [1.54, 1.807) is 11.0 Å². The van der Waals surface area contributed by atoms with Crippen LogP contribution in [0, 0.1) is 12.8 Å². The zero-order chi connectivity index (χ0) is 23.6. The molecule has 176 valence electrons. The van der Waals surface area contributed by atoms with Crippen LogP contribution < -0.4 is 5.32 Å². The number of carbonyl (C=O) groups is 2. The van der Waals surface area contributed by atoms with Crippen LogP contribution in [0.2, 0.25) is 5.02 Å². The zero-order valence-corrected chi connectivity index (χ0v) is 20.2. The Balaban J connectivity index is 1.55. The topological polar surface area (TPSA) is 96.4 Å². The predicted octanol–water partition coefficient (Wildman–Crippen LogP) is 4.01. The van der Waals surface area contributed by atoms with Crippen molar-refractivity contribution in [3.8, 4) is 0 Å². The van der Waals surface area contributed by atoms with Crippen LogP contribution in [-0.2, 0) is 19.4 Å². The number of nitrogens with zero attached hydrogens (tertiary/aromatic N) is 2. The molecular formula is C24H28ClN3O4S. The fourth-order valence-corrected chi connectivity index (χ4v) is 7.14. The second kappa shape index (κ2) is 9.43. The van der Waals surface area contributed by atoms with E-state index in [0.717, 1.165) is 5.69 Å². The van der Waals surface area contributed by atoms with Crippen molar-refractivity contribution in [3.63, 3.8) is 0 Å². The van der Waals surface area contributed by atoms with Crippen molar-refractivity contribution in [2.75, 3.05) is 18.4 Å². The Hall–Kier alpha value is -2.45. The van der Waals surface area contributed by atoms with Gasteiger partial charge in [-0.2, -0.15) is 0 Å². The lowest BCUT2D eigenvalue weighted by atomic mass is 9.95. The molecule has 1 saturated carbocycles. The molecule has 0 spiro atoms. The average molecular weight is 490 g/mol. The van der Waals surface area contributed by atoms with Crippen molar-refractivity contribution in [3.05, 3.63) is 53.2 Å². The van der Waals surface area contributed by atoms with Crippen LogP contribution in [-0.4, -0.2) is 48.0 Å². The molecule has 1 N–H and O–H groups in total. The zero-order valence-electron chi connectivity index (χ0n) is 18.6. The van der Waals surface area contributed by atoms with Crippen LogP contribution in [0.3, 0.4) is 0 Å². The Bertz CT molecular complexity index is 1140. The molecule has 7 nitrogen and oxygen atoms in total. The minimum Gasteiger partial charge on any atom is -0.341 e. The fraction of sp³-hybridized carbons (Fsp3) is 0.458. The van der Waals surface area contributed by atoms with E-state index in [-0.39, 0.29) is 36.1 Å². The number of amides is 2. The van der Waals surface area contributed by atoms with Gasteiger partial charge >= 0.3 is 0 Å². The molecule has 0 bridgehead atoms. The third-order valence-corrected chi connectivity index (χ3v) is 9.41. The van der Waals surface area contributed by atoms with Crippen molar-refractivity contribution in [2.45, 2.75) is 55.1 Å². The molecule has 1 saturated heterocycles. The molecule has 1 aliphatic heterocycles. The SMILES string of the molecule is Cc1cccc(NC(=O)C2CCCN(C(=O)C3(S(=O)(=O)c4ccc(Cl)cc4)CCCC3)C2)n1. The Kier molecular flexibility index (Phi) is 6.77. The molecule has 2 aromatic rings. The summed E-state index contributed by atoms with van der Waals surface area (Å²) >= 11 is 5.94. The number of halogens is 1. The number of aryl methyl sites for hydroxylation is 1. The summed E-state index contributed by atoms with van der Waals surface area (Å²) in [6.45, 7) is 2.50. The minimum atomic E-state index is -3.92. The normalized spacial score (nSPS) is 20.4. The number of piperidine rings is 1. The van der Waals surface area contributed by atoms with Gasteiger partial charge in [0.25, 0.3) is 0 Å². The molecule has 0 radical (unpaired) electrons. The van der Waals surface area contributed by atoms with Gasteiger partial charge in [-0.15, -0.1) is 0 Å². The van der Waals surface area contributed by atoms with E-state index in [9.17, 15) is 18.0 Å². The van der Waals surface area contributed by atoms with Crippen LogP contribution in [0.1, 0.15) is 44.2 Å². The molecule has 1 aromatic heterocycles. The third-order valence-electron chi connectivity index (χ3n) is 6.66. The number of sulfone groups is 1. The van der Waals surface area contributed by atoms with Gasteiger partial charge in [-0.25, -0.2) is 13.4 Å². The van der Waals surface area contributed by atoms with Crippen molar-refractivity contribution in [1.29, 1.82) is 0 Å². The molecule has 1 unspecified atom stereocenters. The highest BCUT2D eigenvalue weighted by Gasteiger charge is 2.55. The second-order valence-corrected chi connectivity index (χ2v) is 11.6. The summed E-state index contributed by atoms with van der Waals surface area (Å²) in [5, 5.41) is 3.27. The standard InChI is InChI=1S/C24H28ClN3O4S/c1-17-6-4-8-21(26-17)27-22(29)18-7-5-15-28(16-18)23(30)24(13-2-3-14-24)33(31,32)20-11-9-19(25)10-12-20/h4,6,8-12,18H,2-3,5,7,13-16H2,1H3,(H,26,27,29). The highest BCUT2D eigenvalue weighted by Crippen LogP contribution is 2.42. The molecule has 1 aromatic carbocycles. The van der Waals surface area contributed by atoms with Gasteiger partial charge in [0.2, 0.25) is 11.8 Å². The number of likely N-dealkylation sites (tertiary alicyclic amines) is 1. The lowest BCUT2D eigenvalue weighted by molar-refractivity contribution is -0.137. The third kappa shape index (κ3) is 4.64. The first-order chi connectivity index (χ1) is 15.7. The number of aromatic nitrogens is 1. The van der Waals surface area contributed by atoms with Crippen LogP contribution in [0.15, 0.2) is 47.4 Å². The van der Waals surface area contributed by atoms with E-state index < -0.39 is 20.5 Å². The first-order valence-electron chi connectivity index (χ1n) is 11.3. The fourth-order valence-electron chi connectivity index (χ4n) is 4.89. The molecular weight excluding hydrogens is 462 g/mol. The molecule has 2 amide bonds. The average Bonchev–Trinajstić information content (AvgIpc) is 3.31. The lowest BCUT2D eigenvalue weighted by Crippen LogP contribution is -2.55. The maximum Gasteiger partial charge on any atom is 0.244 e. The predicted molar refractivity (Wildman–Crippen MR) is 127 cm³/mol. The van der Waals surface area contributed by atoms with E-state index in [0.29, 0.717) is 43.1 Å². The minimum absolute atomic E-state index is 0.110. The molecule has 33 heavy (non-hydrogen) atoms. The maximum absolute atomic E-state index is 13.8. The summed E-state index contributed by atoms with van der Waals surface area (Å²) in [5.74, 6) is -0.532. The molecule has 4 rings (SSSR count). The number of benzene rings is 1. The summed E-state index contributed by atoms with van der Waals surface area (Å²) in [6.07, 6.45) is 3.21. The number of hydrogen-bond acceptors (Lipinski definition) is 5. The monoisotopic (exact) mass is 489 g/mol. The van der Waals surface area contributed by atoms with Crippen molar-refractivity contribution in [1.82, 2.24) is 9.88 Å². The molecule has 1 atom stereocenters. The van der Waals surface area contributed by atoms with E-state index in [2.05, 4.69) is 10.3 Å². The van der Waals surface area contributed by atoms with Crippen molar-refractivity contribution < 1.29 is 18.0 Å². The number of carbonyl (C=O) groups excluding carboxylic acids is 2. The van der Waals surface area contributed by atoms with Crippen molar-refractivity contribution in [2.24, 2.45) is 5.92 Å². The smallest absolute Gasteiger partial charge is 0.244 e.